The van der Waals surface area contributed by atoms with Crippen molar-refractivity contribution in [1.82, 2.24) is 0 Å². The van der Waals surface area contributed by atoms with E-state index in [4.69, 9.17) is 4.74 Å². The zero-order chi connectivity index (χ0) is 11.2. The van der Waals surface area contributed by atoms with Crippen molar-refractivity contribution in [3.63, 3.8) is 0 Å². The van der Waals surface area contributed by atoms with Gasteiger partial charge in [-0.25, -0.2) is 4.79 Å². The van der Waals surface area contributed by atoms with Gasteiger partial charge in [-0.05, 0) is 17.7 Å². The molecule has 0 aliphatic heterocycles. The van der Waals surface area contributed by atoms with Gasteiger partial charge in [0, 0.05) is 0 Å². The molecule has 0 N–H and O–H groups in total. The number of hydrogen-bond acceptors (Lipinski definition) is 2. The minimum absolute atomic E-state index is 0. The van der Waals surface area contributed by atoms with Crippen molar-refractivity contribution in [2.45, 2.75) is 6.61 Å². The van der Waals surface area contributed by atoms with Crippen LogP contribution in [0, 0.1) is 0 Å². The van der Waals surface area contributed by atoms with Gasteiger partial charge in [-0.1, -0.05) is 48.5 Å². The Bertz CT molecular complexity index is 454. The molecule has 0 spiro atoms. The van der Waals surface area contributed by atoms with E-state index in [0.717, 1.165) is 5.56 Å². The van der Waals surface area contributed by atoms with Gasteiger partial charge < -0.3 is 4.74 Å². The fourth-order valence-electron chi connectivity index (χ4n) is 1.38. The molecule has 0 amide bonds. The molecule has 0 saturated heterocycles. The fraction of sp³-hybridized carbons (Fsp3) is 0.0714. The van der Waals surface area contributed by atoms with E-state index in [1.807, 2.05) is 48.5 Å². The van der Waals surface area contributed by atoms with Gasteiger partial charge in [0.25, 0.3) is 0 Å². The standard InChI is InChI=1S/C14H12O2.Ca.2H/c15-14(13-9-5-2-6-10-13)16-11-12-7-3-1-4-8-12;;;/h1-10H,11H2;;;. The number of benzene rings is 2. The Labute approximate surface area is 131 Å². The van der Waals surface area contributed by atoms with E-state index in [1.54, 1.807) is 12.1 Å². The number of rotatable bonds is 3. The van der Waals surface area contributed by atoms with E-state index >= 15 is 0 Å². The summed E-state index contributed by atoms with van der Waals surface area (Å²) in [5, 5.41) is 0. The monoisotopic (exact) mass is 254 g/mol. The van der Waals surface area contributed by atoms with Crippen LogP contribution in [-0.2, 0) is 11.3 Å². The van der Waals surface area contributed by atoms with E-state index in [2.05, 4.69) is 0 Å². The normalized spacial score (nSPS) is 9.18. The van der Waals surface area contributed by atoms with Crippen molar-refractivity contribution in [3.8, 4) is 0 Å². The van der Waals surface area contributed by atoms with E-state index in [9.17, 15) is 4.79 Å². The quantitative estimate of drug-likeness (QED) is 0.619. The summed E-state index contributed by atoms with van der Waals surface area (Å²) < 4.78 is 5.18. The van der Waals surface area contributed by atoms with Crippen LogP contribution in [0.1, 0.15) is 15.9 Å². The summed E-state index contributed by atoms with van der Waals surface area (Å²) in [7, 11) is 0. The first-order valence-electron chi connectivity index (χ1n) is 5.12. The van der Waals surface area contributed by atoms with Gasteiger partial charge in [-0.3, -0.25) is 0 Å². The van der Waals surface area contributed by atoms with Crippen LogP contribution in [-0.4, -0.2) is 43.7 Å². The molecule has 2 aromatic carbocycles. The van der Waals surface area contributed by atoms with E-state index in [0.29, 0.717) is 12.2 Å². The summed E-state index contributed by atoms with van der Waals surface area (Å²) >= 11 is 0. The number of esters is 1. The molecular weight excluding hydrogens is 240 g/mol. The van der Waals surface area contributed by atoms with Gasteiger partial charge in [-0.15, -0.1) is 0 Å². The van der Waals surface area contributed by atoms with E-state index < -0.39 is 0 Å². The summed E-state index contributed by atoms with van der Waals surface area (Å²) in [6.07, 6.45) is 0. The Morgan fingerprint density at radius 1 is 0.882 bits per heavy atom. The summed E-state index contributed by atoms with van der Waals surface area (Å²) in [6.45, 7) is 0.314. The van der Waals surface area contributed by atoms with Crippen molar-refractivity contribution in [3.05, 3.63) is 71.8 Å². The van der Waals surface area contributed by atoms with Crippen molar-refractivity contribution < 1.29 is 9.53 Å². The van der Waals surface area contributed by atoms with Crippen LogP contribution < -0.4 is 0 Å². The Kier molecular flexibility index (Phi) is 6.27. The molecule has 2 nitrogen and oxygen atoms in total. The topological polar surface area (TPSA) is 26.3 Å². The van der Waals surface area contributed by atoms with Gasteiger partial charge in [-0.2, -0.15) is 0 Å². The third kappa shape index (κ3) is 4.50. The Morgan fingerprint density at radius 2 is 1.41 bits per heavy atom. The van der Waals surface area contributed by atoms with Crippen molar-refractivity contribution in [2.75, 3.05) is 0 Å². The molecule has 3 heteroatoms. The number of carbonyl (C=O) groups excluding carboxylic acids is 1. The van der Waals surface area contributed by atoms with Gasteiger partial charge in [0.15, 0.2) is 0 Å². The Morgan fingerprint density at radius 3 is 2.00 bits per heavy atom. The van der Waals surface area contributed by atoms with Gasteiger partial charge in [0.2, 0.25) is 0 Å². The molecule has 0 saturated carbocycles. The van der Waals surface area contributed by atoms with Crippen LogP contribution in [0.25, 0.3) is 0 Å². The van der Waals surface area contributed by atoms with Crippen LogP contribution in [0.15, 0.2) is 60.7 Å². The van der Waals surface area contributed by atoms with Crippen molar-refractivity contribution in [1.29, 1.82) is 0 Å². The zero-order valence-corrected chi connectivity index (χ0v) is 8.80. The second-order valence-corrected chi connectivity index (χ2v) is 3.43. The van der Waals surface area contributed by atoms with Crippen molar-refractivity contribution >= 4 is 43.7 Å². The number of carbonyl (C=O) groups is 1. The molecular formula is C14H14CaO2. The molecule has 84 valence electrons. The third-order valence-electron chi connectivity index (χ3n) is 2.22. The van der Waals surface area contributed by atoms with Gasteiger partial charge in [0.1, 0.15) is 6.61 Å². The van der Waals surface area contributed by atoms with Crippen LogP contribution in [0.4, 0.5) is 0 Å². The van der Waals surface area contributed by atoms with Gasteiger partial charge >= 0.3 is 43.7 Å². The molecule has 0 heterocycles. The van der Waals surface area contributed by atoms with E-state index in [1.165, 1.54) is 0 Å². The predicted octanol–water partition coefficient (Wildman–Crippen LogP) is 2.13. The first kappa shape index (κ1) is 14.2. The molecule has 2 rings (SSSR count). The SMILES string of the molecule is O=C(OCc1ccccc1)c1ccccc1.[CaH2]. The maximum absolute atomic E-state index is 11.6. The molecule has 0 radical (unpaired) electrons. The fourth-order valence-corrected chi connectivity index (χ4v) is 1.38. The third-order valence-corrected chi connectivity index (χ3v) is 2.22. The molecule has 0 atom stereocenters. The Balaban J connectivity index is 0.00000144. The zero-order valence-electron chi connectivity index (χ0n) is 8.80. The summed E-state index contributed by atoms with van der Waals surface area (Å²) in [4.78, 5) is 11.6. The molecule has 0 fully saturated rings. The number of hydrogen-bond donors (Lipinski definition) is 0. The first-order valence-corrected chi connectivity index (χ1v) is 5.12. The van der Waals surface area contributed by atoms with Gasteiger partial charge in [0.05, 0.1) is 5.56 Å². The number of ether oxygens (including phenoxy) is 1. The molecule has 0 unspecified atom stereocenters. The second-order valence-electron chi connectivity index (χ2n) is 3.43. The average Bonchev–Trinajstić information content (AvgIpc) is 2.38. The minimum atomic E-state index is -0.288. The second kappa shape index (κ2) is 7.49. The van der Waals surface area contributed by atoms with Crippen LogP contribution in [0.5, 0.6) is 0 Å². The summed E-state index contributed by atoms with van der Waals surface area (Å²) in [5.74, 6) is -0.288. The molecule has 17 heavy (non-hydrogen) atoms. The van der Waals surface area contributed by atoms with E-state index in [-0.39, 0.29) is 43.7 Å². The molecule has 0 bridgehead atoms. The average molecular weight is 254 g/mol. The van der Waals surface area contributed by atoms with Crippen LogP contribution in [0.2, 0.25) is 0 Å². The molecule has 0 aromatic heterocycles. The summed E-state index contributed by atoms with van der Waals surface area (Å²) in [5.41, 5.74) is 1.57. The van der Waals surface area contributed by atoms with Crippen LogP contribution in [0.3, 0.4) is 0 Å². The molecule has 0 aliphatic rings. The predicted molar refractivity (Wildman–Crippen MR) is 70.5 cm³/mol. The van der Waals surface area contributed by atoms with Crippen LogP contribution >= 0.6 is 0 Å². The summed E-state index contributed by atoms with van der Waals surface area (Å²) in [6, 6.07) is 18.6. The maximum atomic E-state index is 11.6. The molecule has 2 aromatic rings. The molecule has 0 aliphatic carbocycles. The first-order chi connectivity index (χ1) is 7.86. The van der Waals surface area contributed by atoms with Crippen molar-refractivity contribution in [2.24, 2.45) is 0 Å². The Hall–Kier alpha value is -0.830.